The monoisotopic (exact) mass is 402 g/mol. The van der Waals surface area contributed by atoms with Crippen LogP contribution in [0.3, 0.4) is 0 Å². The van der Waals surface area contributed by atoms with E-state index in [1.807, 2.05) is 24.3 Å². The van der Waals surface area contributed by atoms with Crippen LogP contribution in [0.15, 0.2) is 48.5 Å². The highest BCUT2D eigenvalue weighted by Gasteiger charge is 2.42. The first kappa shape index (κ1) is 19.5. The number of aliphatic hydroxyl groups is 4. The fourth-order valence-electron chi connectivity index (χ4n) is 4.11. The Labute approximate surface area is 166 Å². The van der Waals surface area contributed by atoms with Crippen LogP contribution in [0.5, 0.6) is 0 Å². The topological polar surface area (TPSA) is 80.9 Å². The van der Waals surface area contributed by atoms with Gasteiger partial charge in [0.2, 0.25) is 0 Å². The minimum Gasteiger partial charge on any atom is -0.396 e. The van der Waals surface area contributed by atoms with Crippen molar-refractivity contribution in [2.24, 2.45) is 5.92 Å². The second kappa shape index (κ2) is 7.89. The Bertz CT molecular complexity index is 937. The van der Waals surface area contributed by atoms with Crippen molar-refractivity contribution in [2.75, 3.05) is 6.61 Å². The van der Waals surface area contributed by atoms with Crippen LogP contribution in [-0.4, -0.2) is 45.3 Å². The molecule has 3 aromatic rings. The minimum absolute atomic E-state index is 0.280. The molecular weight excluding hydrogens is 379 g/mol. The van der Waals surface area contributed by atoms with Gasteiger partial charge in [-0.25, -0.2) is 4.39 Å². The Morgan fingerprint density at radius 3 is 2.50 bits per heavy atom. The Balaban J connectivity index is 1.63. The number of halogens is 1. The quantitative estimate of drug-likeness (QED) is 0.541. The lowest BCUT2D eigenvalue weighted by atomic mass is 9.73. The van der Waals surface area contributed by atoms with Crippen LogP contribution < -0.4 is 0 Å². The Hall–Kier alpha value is -1.83. The number of rotatable bonds is 4. The molecule has 5 atom stereocenters. The summed E-state index contributed by atoms with van der Waals surface area (Å²) in [6.07, 6.45) is -2.91. The van der Waals surface area contributed by atoms with Crippen molar-refractivity contribution < 1.29 is 24.8 Å². The molecule has 1 fully saturated rings. The fourth-order valence-corrected chi connectivity index (χ4v) is 5.20. The normalized spacial score (nSPS) is 28.0. The largest absolute Gasteiger partial charge is 0.396 e. The smallest absolute Gasteiger partial charge is 0.126 e. The Morgan fingerprint density at radius 1 is 0.964 bits per heavy atom. The van der Waals surface area contributed by atoms with E-state index in [1.54, 1.807) is 23.5 Å². The molecule has 4 rings (SSSR count). The van der Waals surface area contributed by atoms with Crippen molar-refractivity contribution in [2.45, 2.75) is 37.1 Å². The first-order chi connectivity index (χ1) is 13.5. The van der Waals surface area contributed by atoms with E-state index in [1.165, 1.54) is 6.07 Å². The zero-order valence-corrected chi connectivity index (χ0v) is 16.0. The molecule has 0 bridgehead atoms. The molecule has 0 aliphatic heterocycles. The van der Waals surface area contributed by atoms with Gasteiger partial charge in [0.25, 0.3) is 0 Å². The van der Waals surface area contributed by atoms with E-state index in [0.29, 0.717) is 24.0 Å². The lowest BCUT2D eigenvalue weighted by Crippen LogP contribution is -2.51. The molecule has 6 heteroatoms. The van der Waals surface area contributed by atoms with Crippen molar-refractivity contribution in [1.82, 2.24) is 0 Å². The van der Waals surface area contributed by atoms with Crippen LogP contribution in [0.4, 0.5) is 4.39 Å². The summed E-state index contributed by atoms with van der Waals surface area (Å²) in [5, 5.41) is 41.2. The lowest BCUT2D eigenvalue weighted by molar-refractivity contribution is -0.127. The molecule has 1 aliphatic rings. The maximum atomic E-state index is 14.5. The summed E-state index contributed by atoms with van der Waals surface area (Å²) in [5.41, 5.74) is 1.23. The number of thiophene rings is 1. The maximum Gasteiger partial charge on any atom is 0.126 e. The van der Waals surface area contributed by atoms with Gasteiger partial charge in [-0.2, -0.15) is 0 Å². The van der Waals surface area contributed by atoms with Crippen LogP contribution in [0.2, 0.25) is 0 Å². The highest BCUT2D eigenvalue weighted by Crippen LogP contribution is 2.38. The first-order valence-electron chi connectivity index (χ1n) is 9.38. The molecule has 4 N–H and O–H groups in total. The van der Waals surface area contributed by atoms with Gasteiger partial charge in [-0.3, -0.25) is 0 Å². The van der Waals surface area contributed by atoms with Gasteiger partial charge in [0.1, 0.15) is 11.9 Å². The SMILES string of the molecule is OC[C@H]1C[C@@H](c2ccc(F)c(Cc3cc4ccccc4s3)c2)[C@H](O)[C@@H](O)[C@@H]1O. The molecule has 0 amide bonds. The highest BCUT2D eigenvalue weighted by atomic mass is 32.1. The third kappa shape index (κ3) is 3.58. The zero-order valence-electron chi connectivity index (χ0n) is 15.2. The molecule has 0 radical (unpaired) electrons. The second-order valence-electron chi connectivity index (χ2n) is 7.53. The fraction of sp³-hybridized carbons (Fsp3) is 0.364. The molecule has 0 unspecified atom stereocenters. The Kier molecular flexibility index (Phi) is 5.49. The molecule has 1 aromatic heterocycles. The molecular formula is C22H23FO4S. The van der Waals surface area contributed by atoms with Crippen LogP contribution in [-0.2, 0) is 6.42 Å². The number of hydrogen-bond acceptors (Lipinski definition) is 5. The molecule has 2 aromatic carbocycles. The van der Waals surface area contributed by atoms with Crippen LogP contribution in [0, 0.1) is 11.7 Å². The van der Waals surface area contributed by atoms with Crippen LogP contribution in [0.1, 0.15) is 28.3 Å². The van der Waals surface area contributed by atoms with Crippen LogP contribution in [0.25, 0.3) is 10.1 Å². The summed E-state index contributed by atoms with van der Waals surface area (Å²) >= 11 is 1.63. The van der Waals surface area contributed by atoms with Gasteiger partial charge in [-0.05, 0) is 41.1 Å². The van der Waals surface area contributed by atoms with Crippen LogP contribution >= 0.6 is 11.3 Å². The number of benzene rings is 2. The van der Waals surface area contributed by atoms with Gasteiger partial charge in [-0.15, -0.1) is 11.3 Å². The summed E-state index contributed by atoms with van der Waals surface area (Å²) in [4.78, 5) is 1.05. The summed E-state index contributed by atoms with van der Waals surface area (Å²) in [5.74, 6) is -1.32. The predicted molar refractivity (Wildman–Crippen MR) is 107 cm³/mol. The Morgan fingerprint density at radius 2 is 1.75 bits per heavy atom. The maximum absolute atomic E-state index is 14.5. The number of hydrogen-bond donors (Lipinski definition) is 4. The summed E-state index contributed by atoms with van der Waals surface area (Å²) < 4.78 is 15.6. The molecule has 28 heavy (non-hydrogen) atoms. The second-order valence-corrected chi connectivity index (χ2v) is 8.70. The van der Waals surface area contributed by atoms with Crippen molar-refractivity contribution in [3.05, 3.63) is 70.4 Å². The highest BCUT2D eigenvalue weighted by molar-refractivity contribution is 7.19. The molecule has 148 valence electrons. The van der Waals surface area contributed by atoms with Crippen molar-refractivity contribution in [1.29, 1.82) is 0 Å². The van der Waals surface area contributed by atoms with Gasteiger partial charge >= 0.3 is 0 Å². The van der Waals surface area contributed by atoms with E-state index in [0.717, 1.165) is 15.0 Å². The van der Waals surface area contributed by atoms with Gasteiger partial charge in [-0.1, -0.05) is 30.3 Å². The third-order valence-electron chi connectivity index (χ3n) is 5.73. The van der Waals surface area contributed by atoms with Crippen molar-refractivity contribution in [3.8, 4) is 0 Å². The molecule has 0 spiro atoms. The zero-order chi connectivity index (χ0) is 19.8. The molecule has 4 nitrogen and oxygen atoms in total. The molecule has 0 saturated heterocycles. The molecule has 1 heterocycles. The van der Waals surface area contributed by atoms with Crippen molar-refractivity contribution in [3.63, 3.8) is 0 Å². The summed E-state index contributed by atoms with van der Waals surface area (Å²) in [7, 11) is 0. The van der Waals surface area contributed by atoms with E-state index in [4.69, 9.17) is 0 Å². The predicted octanol–water partition coefficient (Wildman–Crippen LogP) is 2.81. The van der Waals surface area contributed by atoms with Gasteiger partial charge in [0, 0.05) is 34.4 Å². The van der Waals surface area contributed by atoms with E-state index < -0.39 is 30.1 Å². The van der Waals surface area contributed by atoms with Gasteiger partial charge in [0.05, 0.1) is 12.2 Å². The van der Waals surface area contributed by atoms with Gasteiger partial charge in [0.15, 0.2) is 0 Å². The van der Waals surface area contributed by atoms with E-state index in [2.05, 4.69) is 6.07 Å². The first-order valence-corrected chi connectivity index (χ1v) is 10.2. The lowest BCUT2D eigenvalue weighted by Gasteiger charge is -2.40. The summed E-state index contributed by atoms with van der Waals surface area (Å²) in [6.45, 7) is -0.280. The minimum atomic E-state index is -1.34. The van der Waals surface area contributed by atoms with Gasteiger partial charge < -0.3 is 20.4 Å². The number of fused-ring (bicyclic) bond motifs is 1. The van der Waals surface area contributed by atoms with E-state index in [9.17, 15) is 24.8 Å². The standard InChI is InChI=1S/C22H23FO4S/c23-18-6-5-12(17-10-15(11-24)20(25)22(27)21(17)26)7-14(18)9-16-8-13-3-1-2-4-19(13)28-16/h1-8,15,17,20-22,24-27H,9-11H2/t15-,17+,20-,21+,22+/m1/s1. The molecule has 1 saturated carbocycles. The average Bonchev–Trinajstić information content (AvgIpc) is 3.11. The average molecular weight is 402 g/mol. The third-order valence-corrected chi connectivity index (χ3v) is 6.84. The molecule has 1 aliphatic carbocycles. The number of aliphatic hydroxyl groups excluding tert-OH is 4. The van der Waals surface area contributed by atoms with E-state index >= 15 is 0 Å². The summed E-state index contributed by atoms with van der Waals surface area (Å²) in [6, 6.07) is 14.8. The van der Waals surface area contributed by atoms with E-state index in [-0.39, 0.29) is 12.4 Å². The van der Waals surface area contributed by atoms with Crippen molar-refractivity contribution >= 4 is 21.4 Å².